The van der Waals surface area contributed by atoms with E-state index in [-0.39, 0.29) is 29.9 Å². The summed E-state index contributed by atoms with van der Waals surface area (Å²) in [7, 11) is 0. The van der Waals surface area contributed by atoms with E-state index in [9.17, 15) is 19.5 Å². The van der Waals surface area contributed by atoms with E-state index in [1.807, 2.05) is 30.9 Å². The fraction of sp³-hybridized carbons (Fsp3) is 0.667. The molecular weight excluding hydrogens is 564 g/mol. The lowest BCUT2D eigenvalue weighted by molar-refractivity contribution is -0.970. The molecule has 44 heavy (non-hydrogen) atoms. The van der Waals surface area contributed by atoms with Crippen molar-refractivity contribution in [2.45, 2.75) is 84.5 Å². The number of furan rings is 1. The second kappa shape index (κ2) is 13.9. The molecule has 5 bridgehead atoms. The van der Waals surface area contributed by atoms with Crippen LogP contribution in [-0.2, 0) is 14.3 Å². The summed E-state index contributed by atoms with van der Waals surface area (Å²) >= 11 is 0. The van der Waals surface area contributed by atoms with E-state index in [0.717, 1.165) is 6.42 Å². The van der Waals surface area contributed by atoms with Crippen LogP contribution in [0.25, 0.3) is 11.0 Å². The minimum absolute atomic E-state index is 0.00111. The molecule has 1 aromatic heterocycles. The Bertz CT molecular complexity index is 1320. The number of morpholine rings is 1. The van der Waals surface area contributed by atoms with Gasteiger partial charge in [0.25, 0.3) is 0 Å². The number of amides is 3. The van der Waals surface area contributed by atoms with E-state index in [1.54, 1.807) is 12.1 Å². The second-order valence-electron chi connectivity index (χ2n) is 13.4. The lowest BCUT2D eigenvalue weighted by Crippen LogP contribution is -2.73. The first-order valence-electron chi connectivity index (χ1n) is 16.3. The van der Waals surface area contributed by atoms with Gasteiger partial charge in [-0.2, -0.15) is 0 Å². The van der Waals surface area contributed by atoms with Crippen molar-refractivity contribution in [1.82, 2.24) is 15.3 Å². The molecule has 2 fully saturated rings. The molecule has 0 aliphatic carbocycles. The number of aliphatic hydroxyl groups excluding tert-OH is 1. The first-order chi connectivity index (χ1) is 21.1. The molecule has 3 unspecified atom stereocenters. The number of hydrogen-bond donors (Lipinski definition) is 2. The van der Waals surface area contributed by atoms with Crippen LogP contribution in [0.5, 0.6) is 5.75 Å². The molecule has 3 aliphatic heterocycles. The summed E-state index contributed by atoms with van der Waals surface area (Å²) in [6.07, 6.45) is 1.22. The third kappa shape index (κ3) is 7.05. The topological polar surface area (TPSA) is 122 Å². The van der Waals surface area contributed by atoms with Crippen LogP contribution in [0.1, 0.15) is 76.8 Å². The number of quaternary nitrogens is 1. The average Bonchev–Trinajstić information content (AvgIpc) is 3.34. The van der Waals surface area contributed by atoms with Crippen LogP contribution in [0.15, 0.2) is 28.7 Å². The zero-order valence-electron chi connectivity index (χ0n) is 26.6. The van der Waals surface area contributed by atoms with Crippen LogP contribution in [-0.4, -0.2) is 102 Å². The van der Waals surface area contributed by atoms with Crippen LogP contribution >= 0.6 is 0 Å². The van der Waals surface area contributed by atoms with E-state index in [1.165, 1.54) is 5.01 Å². The van der Waals surface area contributed by atoms with Gasteiger partial charge in [0.15, 0.2) is 11.9 Å². The zero-order chi connectivity index (χ0) is 31.4. The number of fused-ring (bicyclic) bond motifs is 5. The zero-order valence-corrected chi connectivity index (χ0v) is 26.6. The van der Waals surface area contributed by atoms with Gasteiger partial charge in [-0.3, -0.25) is 29.2 Å². The average molecular weight is 614 g/mol. The number of hydrogen-bond acceptors (Lipinski definition) is 7. The van der Waals surface area contributed by atoms with Crippen molar-refractivity contribution in [2.75, 3.05) is 46.0 Å². The van der Waals surface area contributed by atoms with Crippen molar-refractivity contribution in [3.05, 3.63) is 30.0 Å². The van der Waals surface area contributed by atoms with Gasteiger partial charge in [-0.25, -0.2) is 5.01 Å². The number of likely N-dealkylation sites (tertiary alicyclic amines) is 1. The van der Waals surface area contributed by atoms with Gasteiger partial charge in [0, 0.05) is 24.8 Å². The van der Waals surface area contributed by atoms with E-state index in [2.05, 4.69) is 19.3 Å². The molecule has 11 heteroatoms. The Morgan fingerprint density at radius 3 is 2.39 bits per heavy atom. The van der Waals surface area contributed by atoms with Gasteiger partial charge in [0.1, 0.15) is 43.7 Å². The molecule has 3 atom stereocenters. The van der Waals surface area contributed by atoms with Crippen LogP contribution in [0.4, 0.5) is 0 Å². The number of ether oxygens (including phenoxy) is 2. The van der Waals surface area contributed by atoms with E-state index < -0.39 is 24.2 Å². The van der Waals surface area contributed by atoms with Crippen molar-refractivity contribution in [3.8, 4) is 5.75 Å². The highest BCUT2D eigenvalue weighted by Crippen LogP contribution is 2.33. The maximum Gasteiger partial charge on any atom is 0.305 e. The lowest BCUT2D eigenvalue weighted by atomic mass is 9.99. The molecule has 4 heterocycles. The Morgan fingerprint density at radius 1 is 1.00 bits per heavy atom. The molecular formula is C33H49N4O7+. The molecule has 0 radical (unpaired) electrons. The summed E-state index contributed by atoms with van der Waals surface area (Å²) in [4.78, 5) is 43.3. The second-order valence-corrected chi connectivity index (χ2v) is 13.4. The Morgan fingerprint density at radius 2 is 1.68 bits per heavy atom. The van der Waals surface area contributed by atoms with Gasteiger partial charge in [-0.15, -0.1) is 0 Å². The molecule has 11 nitrogen and oxygen atoms in total. The minimum atomic E-state index is -1.13. The van der Waals surface area contributed by atoms with E-state index in [4.69, 9.17) is 13.9 Å². The smallest absolute Gasteiger partial charge is 0.305 e. The summed E-state index contributed by atoms with van der Waals surface area (Å²) in [5, 5.41) is 14.5. The predicted octanol–water partition coefficient (Wildman–Crippen LogP) is 3.70. The SMILES string of the molecule is CC(C)CCC(=O)N1CCCC2C(O)C1[N+]1(CCOCC1)CCOc1ccc3oc(cc3c1)C(=O)NN2C(=O)CCC(C)C. The quantitative estimate of drug-likeness (QED) is 0.477. The summed E-state index contributed by atoms with van der Waals surface area (Å²) in [5.74, 6) is 0.516. The molecule has 1 aromatic carbocycles. The normalized spacial score (nSPS) is 24.3. The molecule has 2 saturated heterocycles. The maximum atomic E-state index is 13.9. The van der Waals surface area contributed by atoms with Gasteiger partial charge in [0.2, 0.25) is 11.8 Å². The number of hydrazine groups is 1. The number of rotatable bonds is 6. The Labute approximate surface area is 260 Å². The summed E-state index contributed by atoms with van der Waals surface area (Å²) in [6, 6.07) is 6.32. The van der Waals surface area contributed by atoms with E-state index >= 15 is 0 Å². The van der Waals surface area contributed by atoms with Crippen molar-refractivity contribution in [3.63, 3.8) is 0 Å². The minimum Gasteiger partial charge on any atom is -0.488 e. The number of benzene rings is 1. The highest BCUT2D eigenvalue weighted by Gasteiger charge is 2.53. The van der Waals surface area contributed by atoms with Crippen molar-refractivity contribution in [1.29, 1.82) is 0 Å². The molecule has 1 spiro atoms. The van der Waals surface area contributed by atoms with Crippen molar-refractivity contribution >= 4 is 28.7 Å². The lowest BCUT2D eigenvalue weighted by Gasteiger charge is -2.52. The Hall–Kier alpha value is -3.15. The summed E-state index contributed by atoms with van der Waals surface area (Å²) < 4.78 is 18.3. The first kappa shape index (κ1) is 32.2. The molecule has 242 valence electrons. The highest BCUT2D eigenvalue weighted by molar-refractivity contribution is 5.97. The highest BCUT2D eigenvalue weighted by atomic mass is 16.5. The first-order valence-corrected chi connectivity index (χ1v) is 16.3. The van der Waals surface area contributed by atoms with Gasteiger partial charge in [-0.1, -0.05) is 27.7 Å². The third-order valence-electron chi connectivity index (χ3n) is 9.37. The molecule has 5 rings (SSSR count). The molecule has 2 N–H and O–H groups in total. The maximum absolute atomic E-state index is 13.9. The third-order valence-corrected chi connectivity index (χ3v) is 9.37. The van der Waals surface area contributed by atoms with Gasteiger partial charge in [-0.05, 0) is 61.8 Å². The van der Waals surface area contributed by atoms with E-state index in [0.29, 0.717) is 98.8 Å². The number of aliphatic hydroxyl groups is 1. The summed E-state index contributed by atoms with van der Waals surface area (Å²) in [6.45, 7) is 11.8. The van der Waals surface area contributed by atoms with Gasteiger partial charge >= 0.3 is 5.91 Å². The predicted molar refractivity (Wildman–Crippen MR) is 164 cm³/mol. The van der Waals surface area contributed by atoms with Crippen LogP contribution in [0.2, 0.25) is 0 Å². The molecule has 2 aromatic rings. The number of carbonyl (C=O) groups excluding carboxylic acids is 3. The van der Waals surface area contributed by atoms with Crippen molar-refractivity contribution in [2.24, 2.45) is 11.8 Å². The largest absolute Gasteiger partial charge is 0.488 e. The molecule has 3 aliphatic rings. The number of carbonyl (C=O) groups is 3. The monoisotopic (exact) mass is 613 g/mol. The van der Waals surface area contributed by atoms with Crippen LogP contribution < -0.4 is 10.2 Å². The number of nitrogens with zero attached hydrogens (tertiary/aromatic N) is 3. The standard InChI is InChI=1S/C33H48N4O7/c1-22(2)7-11-29(38)35-13-5-6-26-31(40)33(35)37(14-17-42-18-15-37)16-19-43-25-9-10-27-24(20-25)21-28(44-27)32(41)34-36(26)30(39)12-8-23(3)4/h9-10,20-23,26,31,33,40H,5-8,11-19H2,1-4H3/p+1. The Kier molecular flexibility index (Phi) is 10.2. The van der Waals surface area contributed by atoms with Gasteiger partial charge in [0.05, 0.1) is 19.3 Å². The Balaban J connectivity index is 1.60. The number of nitrogens with one attached hydrogen (secondary N) is 1. The van der Waals surface area contributed by atoms with Gasteiger partial charge < -0.3 is 19.0 Å². The van der Waals surface area contributed by atoms with Crippen LogP contribution in [0, 0.1) is 11.8 Å². The molecule has 0 saturated carbocycles. The van der Waals surface area contributed by atoms with Crippen molar-refractivity contribution < 1.29 is 37.9 Å². The fourth-order valence-corrected chi connectivity index (χ4v) is 6.81. The summed E-state index contributed by atoms with van der Waals surface area (Å²) in [5.41, 5.74) is 3.38. The molecule has 3 amide bonds. The fourth-order valence-electron chi connectivity index (χ4n) is 6.81. The van der Waals surface area contributed by atoms with Crippen LogP contribution in [0.3, 0.4) is 0 Å².